The maximum absolute atomic E-state index is 13.3. The van der Waals surface area contributed by atoms with Crippen molar-refractivity contribution in [3.63, 3.8) is 0 Å². The number of aromatic nitrogens is 2. The SMILES string of the molecule is CC(C)S(=O)(=O)NC[C@H]1CC[C@H](Nc2nc(C3CCC(F)(F)C3)no2)CC1. The number of hydrogen-bond donors (Lipinski definition) is 2. The van der Waals surface area contributed by atoms with Crippen molar-refractivity contribution in [2.45, 2.75) is 81.9 Å². The van der Waals surface area contributed by atoms with Gasteiger partial charge in [0.2, 0.25) is 15.9 Å². The van der Waals surface area contributed by atoms with Gasteiger partial charge in [-0.3, -0.25) is 0 Å². The van der Waals surface area contributed by atoms with E-state index >= 15 is 0 Å². The number of halogens is 2. The third kappa shape index (κ3) is 5.37. The molecule has 0 radical (unpaired) electrons. The molecule has 1 aromatic rings. The van der Waals surface area contributed by atoms with Crippen LogP contribution in [0.1, 0.15) is 70.5 Å². The molecule has 0 spiro atoms. The zero-order chi connectivity index (χ0) is 19.7. The molecule has 0 aromatic carbocycles. The minimum absolute atomic E-state index is 0.125. The van der Waals surface area contributed by atoms with Crippen molar-refractivity contribution in [3.05, 3.63) is 5.82 Å². The third-order valence-electron chi connectivity index (χ3n) is 5.58. The Hall–Kier alpha value is -1.29. The molecule has 3 rings (SSSR count). The fraction of sp³-hybridized carbons (Fsp3) is 0.882. The fourth-order valence-corrected chi connectivity index (χ4v) is 4.52. The molecule has 0 amide bonds. The maximum Gasteiger partial charge on any atom is 0.321 e. The molecule has 2 fully saturated rings. The summed E-state index contributed by atoms with van der Waals surface area (Å²) >= 11 is 0. The van der Waals surface area contributed by atoms with Gasteiger partial charge in [0, 0.05) is 31.3 Å². The fourth-order valence-electron chi connectivity index (χ4n) is 3.72. The average Bonchev–Trinajstić information content (AvgIpc) is 3.20. The molecule has 0 saturated heterocycles. The van der Waals surface area contributed by atoms with Crippen molar-refractivity contribution < 1.29 is 21.7 Å². The number of nitrogens with one attached hydrogen (secondary N) is 2. The highest BCUT2D eigenvalue weighted by Gasteiger charge is 2.42. The van der Waals surface area contributed by atoms with Gasteiger partial charge < -0.3 is 9.84 Å². The van der Waals surface area contributed by atoms with E-state index in [9.17, 15) is 17.2 Å². The van der Waals surface area contributed by atoms with E-state index in [-0.39, 0.29) is 30.8 Å². The third-order valence-corrected chi connectivity index (χ3v) is 7.39. The molecular formula is C17H28F2N4O3S. The summed E-state index contributed by atoms with van der Waals surface area (Å²) in [6, 6.07) is 0.449. The lowest BCUT2D eigenvalue weighted by atomic mass is 9.86. The van der Waals surface area contributed by atoms with E-state index in [0.29, 0.717) is 24.7 Å². The monoisotopic (exact) mass is 406 g/mol. The summed E-state index contributed by atoms with van der Waals surface area (Å²) in [6.07, 6.45) is 3.56. The molecule has 0 bridgehead atoms. The van der Waals surface area contributed by atoms with Crippen LogP contribution in [0.5, 0.6) is 0 Å². The topological polar surface area (TPSA) is 97.1 Å². The Morgan fingerprint density at radius 3 is 2.52 bits per heavy atom. The second kappa shape index (κ2) is 7.98. The van der Waals surface area contributed by atoms with Crippen LogP contribution in [0, 0.1) is 5.92 Å². The zero-order valence-electron chi connectivity index (χ0n) is 15.7. The second-order valence-corrected chi connectivity index (χ2v) is 10.4. The second-order valence-electron chi connectivity index (χ2n) is 8.06. The number of rotatable bonds is 7. The summed E-state index contributed by atoms with van der Waals surface area (Å²) in [7, 11) is -3.23. The Morgan fingerprint density at radius 2 is 1.93 bits per heavy atom. The van der Waals surface area contributed by atoms with Crippen LogP contribution >= 0.6 is 0 Å². The predicted octanol–water partition coefficient (Wildman–Crippen LogP) is 3.27. The Bertz CT molecular complexity index is 730. The van der Waals surface area contributed by atoms with E-state index in [1.807, 2.05) is 0 Å². The number of anilines is 1. The van der Waals surface area contributed by atoms with Crippen LogP contribution in [0.15, 0.2) is 4.52 Å². The first-order valence-electron chi connectivity index (χ1n) is 9.61. The molecular weight excluding hydrogens is 378 g/mol. The van der Waals surface area contributed by atoms with Crippen LogP contribution in [-0.4, -0.2) is 42.3 Å². The minimum Gasteiger partial charge on any atom is -0.335 e. The number of hydrogen-bond acceptors (Lipinski definition) is 6. The van der Waals surface area contributed by atoms with E-state index in [2.05, 4.69) is 20.2 Å². The summed E-state index contributed by atoms with van der Waals surface area (Å²) in [4.78, 5) is 4.25. The van der Waals surface area contributed by atoms with Crippen LogP contribution in [-0.2, 0) is 10.0 Å². The molecule has 0 aliphatic heterocycles. The quantitative estimate of drug-likeness (QED) is 0.721. The first-order valence-corrected chi connectivity index (χ1v) is 11.2. The average molecular weight is 406 g/mol. The summed E-state index contributed by atoms with van der Waals surface area (Å²) in [6.45, 7) is 3.79. The van der Waals surface area contributed by atoms with Gasteiger partial charge in [-0.25, -0.2) is 21.9 Å². The Balaban J connectivity index is 1.43. The lowest BCUT2D eigenvalue weighted by Gasteiger charge is -2.28. The molecule has 2 aliphatic rings. The highest BCUT2D eigenvalue weighted by molar-refractivity contribution is 7.90. The summed E-state index contributed by atoms with van der Waals surface area (Å²) in [5.74, 6) is -2.31. The van der Waals surface area contributed by atoms with E-state index in [1.54, 1.807) is 13.8 Å². The molecule has 27 heavy (non-hydrogen) atoms. The molecule has 2 saturated carbocycles. The smallest absolute Gasteiger partial charge is 0.321 e. The van der Waals surface area contributed by atoms with Crippen molar-refractivity contribution in [1.29, 1.82) is 0 Å². The normalized spacial score (nSPS) is 28.6. The van der Waals surface area contributed by atoms with Crippen LogP contribution in [0.4, 0.5) is 14.8 Å². The summed E-state index contributed by atoms with van der Waals surface area (Å²) in [5.41, 5.74) is 0. The van der Waals surface area contributed by atoms with Gasteiger partial charge in [-0.15, -0.1) is 0 Å². The molecule has 1 aromatic heterocycles. The largest absolute Gasteiger partial charge is 0.335 e. The molecule has 1 heterocycles. The molecule has 1 unspecified atom stereocenters. The highest BCUT2D eigenvalue weighted by Crippen LogP contribution is 2.43. The summed E-state index contributed by atoms with van der Waals surface area (Å²) < 4.78 is 58.2. The van der Waals surface area contributed by atoms with Crippen molar-refractivity contribution >= 4 is 16.0 Å². The first kappa shape index (κ1) is 20.4. The number of alkyl halides is 2. The van der Waals surface area contributed by atoms with Gasteiger partial charge in [-0.05, 0) is 51.9 Å². The van der Waals surface area contributed by atoms with Crippen LogP contribution in [0.25, 0.3) is 0 Å². The van der Waals surface area contributed by atoms with Crippen LogP contribution in [0.3, 0.4) is 0 Å². The van der Waals surface area contributed by atoms with Gasteiger partial charge in [-0.1, -0.05) is 5.16 Å². The van der Waals surface area contributed by atoms with Gasteiger partial charge in [0.25, 0.3) is 0 Å². The van der Waals surface area contributed by atoms with Crippen molar-refractivity contribution in [3.8, 4) is 0 Å². The maximum atomic E-state index is 13.3. The van der Waals surface area contributed by atoms with Gasteiger partial charge in [0.15, 0.2) is 5.82 Å². The standard InChI is InChI=1S/C17H28F2N4O3S/c1-11(2)27(24,25)20-10-12-3-5-14(6-4-12)21-16-22-15(23-26-16)13-7-8-17(18,19)9-13/h11-14,20H,3-10H2,1-2H3,(H,21,22,23)/t12-,13?,14-. The van der Waals surface area contributed by atoms with Crippen LogP contribution in [0.2, 0.25) is 0 Å². The molecule has 154 valence electrons. The molecule has 2 aliphatic carbocycles. The van der Waals surface area contributed by atoms with Gasteiger partial charge >= 0.3 is 6.01 Å². The molecule has 10 heteroatoms. The molecule has 7 nitrogen and oxygen atoms in total. The number of nitrogens with zero attached hydrogens (tertiary/aromatic N) is 2. The van der Waals surface area contributed by atoms with Crippen molar-refractivity contribution in [2.75, 3.05) is 11.9 Å². The Morgan fingerprint density at radius 1 is 1.22 bits per heavy atom. The Kier molecular flexibility index (Phi) is 6.05. The number of sulfonamides is 1. The summed E-state index contributed by atoms with van der Waals surface area (Å²) in [5, 5.41) is 6.62. The Labute approximate surface area is 158 Å². The van der Waals surface area contributed by atoms with Gasteiger partial charge in [0.1, 0.15) is 0 Å². The van der Waals surface area contributed by atoms with E-state index < -0.39 is 21.2 Å². The van der Waals surface area contributed by atoms with Gasteiger partial charge in [-0.2, -0.15) is 4.98 Å². The minimum atomic E-state index is -3.23. The first-order chi connectivity index (χ1) is 12.6. The highest BCUT2D eigenvalue weighted by atomic mass is 32.2. The zero-order valence-corrected chi connectivity index (χ0v) is 16.6. The van der Waals surface area contributed by atoms with E-state index in [4.69, 9.17) is 4.52 Å². The van der Waals surface area contributed by atoms with E-state index in [0.717, 1.165) is 25.7 Å². The lowest BCUT2D eigenvalue weighted by molar-refractivity contribution is 0.00749. The molecule has 1 atom stereocenters. The van der Waals surface area contributed by atoms with Crippen molar-refractivity contribution in [1.82, 2.24) is 14.9 Å². The van der Waals surface area contributed by atoms with Crippen molar-refractivity contribution in [2.24, 2.45) is 5.92 Å². The lowest BCUT2D eigenvalue weighted by Crippen LogP contribution is -2.37. The van der Waals surface area contributed by atoms with Gasteiger partial charge in [0.05, 0.1) is 5.25 Å². The predicted molar refractivity (Wildman–Crippen MR) is 97.3 cm³/mol. The van der Waals surface area contributed by atoms with E-state index in [1.165, 1.54) is 0 Å². The molecule has 2 N–H and O–H groups in total. The van der Waals surface area contributed by atoms with Crippen LogP contribution < -0.4 is 10.0 Å².